The number of hydrogen-bond acceptors (Lipinski definition) is 5. The van der Waals surface area contributed by atoms with Crippen LogP contribution in [0.3, 0.4) is 0 Å². The highest BCUT2D eigenvalue weighted by molar-refractivity contribution is 7.91. The summed E-state index contributed by atoms with van der Waals surface area (Å²) >= 11 is 2.96. The van der Waals surface area contributed by atoms with Gasteiger partial charge in [-0.3, -0.25) is 4.79 Å². The fourth-order valence-corrected chi connectivity index (χ4v) is 8.14. The van der Waals surface area contributed by atoms with Gasteiger partial charge < -0.3 is 9.47 Å². The molecule has 3 aromatic rings. The monoisotopic (exact) mass is 475 g/mol. The standard InChI is InChI=1S/C22H25N3O3S3/c26-21(20-17-6-1-2-7-18(17)30-22(20)25-11-3-4-12-25)24-13-9-16(10-14-24)23-31(27,28)19-8-5-15-29-19/h3-5,8,11-12,15-16,23H,1-2,6-7,9-10,13-14H2. The van der Waals surface area contributed by atoms with Crippen LogP contribution in [0.15, 0.2) is 46.2 Å². The number of thiophene rings is 2. The molecule has 3 aromatic heterocycles. The minimum Gasteiger partial charge on any atom is -0.338 e. The van der Waals surface area contributed by atoms with E-state index < -0.39 is 10.0 Å². The molecule has 2 aliphatic rings. The molecule has 1 fully saturated rings. The number of likely N-dealkylation sites (tertiary alicyclic amines) is 1. The molecule has 9 heteroatoms. The lowest BCUT2D eigenvalue weighted by Gasteiger charge is -2.32. The summed E-state index contributed by atoms with van der Waals surface area (Å²) in [7, 11) is -3.48. The first-order chi connectivity index (χ1) is 15.0. The number of nitrogens with zero attached hydrogens (tertiary/aromatic N) is 2. The second kappa shape index (κ2) is 8.54. The maximum atomic E-state index is 13.6. The van der Waals surface area contributed by atoms with Gasteiger partial charge in [-0.1, -0.05) is 6.07 Å². The van der Waals surface area contributed by atoms with Gasteiger partial charge in [0.1, 0.15) is 9.21 Å². The topological polar surface area (TPSA) is 71.4 Å². The van der Waals surface area contributed by atoms with Gasteiger partial charge in [0.05, 0.1) is 5.56 Å². The van der Waals surface area contributed by atoms with E-state index in [0.717, 1.165) is 29.8 Å². The van der Waals surface area contributed by atoms with E-state index in [0.29, 0.717) is 30.1 Å². The van der Waals surface area contributed by atoms with Crippen molar-refractivity contribution in [3.63, 3.8) is 0 Å². The maximum Gasteiger partial charge on any atom is 0.257 e. The molecule has 0 unspecified atom stereocenters. The summed E-state index contributed by atoms with van der Waals surface area (Å²) in [4.78, 5) is 16.9. The number of hydrogen-bond donors (Lipinski definition) is 1. The Bertz CT molecular complexity index is 1160. The molecule has 5 rings (SSSR count). The zero-order chi connectivity index (χ0) is 21.4. The number of nitrogens with one attached hydrogen (secondary N) is 1. The molecule has 4 heterocycles. The average Bonchev–Trinajstić information content (AvgIpc) is 3.54. The highest BCUT2D eigenvalue weighted by atomic mass is 32.2. The molecule has 1 N–H and O–H groups in total. The number of carbonyl (C=O) groups excluding carboxylic acids is 1. The zero-order valence-electron chi connectivity index (χ0n) is 17.1. The van der Waals surface area contributed by atoms with Gasteiger partial charge >= 0.3 is 0 Å². The molecule has 1 amide bonds. The first-order valence-electron chi connectivity index (χ1n) is 10.7. The maximum absolute atomic E-state index is 13.6. The lowest BCUT2D eigenvalue weighted by molar-refractivity contribution is 0.0710. The van der Waals surface area contributed by atoms with Crippen molar-refractivity contribution in [2.24, 2.45) is 0 Å². The first-order valence-corrected chi connectivity index (χ1v) is 13.8. The normalized spacial score (nSPS) is 17.6. The van der Waals surface area contributed by atoms with E-state index >= 15 is 0 Å². The predicted octanol–water partition coefficient (Wildman–Crippen LogP) is 4.06. The van der Waals surface area contributed by atoms with Crippen molar-refractivity contribution in [3.8, 4) is 5.00 Å². The van der Waals surface area contributed by atoms with Crippen molar-refractivity contribution < 1.29 is 13.2 Å². The molecule has 0 bridgehead atoms. The van der Waals surface area contributed by atoms with Crippen molar-refractivity contribution in [3.05, 3.63) is 58.0 Å². The van der Waals surface area contributed by atoms with Gasteiger partial charge in [0.2, 0.25) is 10.0 Å². The fraction of sp³-hybridized carbons (Fsp3) is 0.409. The van der Waals surface area contributed by atoms with Crippen LogP contribution in [-0.4, -0.2) is 42.9 Å². The van der Waals surface area contributed by atoms with Crippen LogP contribution in [0.5, 0.6) is 0 Å². The predicted molar refractivity (Wildman–Crippen MR) is 124 cm³/mol. The lowest BCUT2D eigenvalue weighted by atomic mass is 9.94. The van der Waals surface area contributed by atoms with E-state index in [1.54, 1.807) is 28.8 Å². The number of fused-ring (bicyclic) bond motifs is 1. The van der Waals surface area contributed by atoms with Crippen molar-refractivity contribution in [2.45, 2.75) is 48.8 Å². The van der Waals surface area contributed by atoms with Crippen LogP contribution in [-0.2, 0) is 22.9 Å². The first kappa shape index (κ1) is 20.9. The molecule has 0 aromatic carbocycles. The summed E-state index contributed by atoms with van der Waals surface area (Å²) < 4.78 is 30.2. The van der Waals surface area contributed by atoms with Crippen LogP contribution >= 0.6 is 22.7 Å². The van der Waals surface area contributed by atoms with E-state index in [2.05, 4.69) is 9.29 Å². The largest absolute Gasteiger partial charge is 0.338 e. The summed E-state index contributed by atoms with van der Waals surface area (Å²) in [6.07, 6.45) is 9.57. The molecule has 0 radical (unpaired) electrons. The Morgan fingerprint density at radius 3 is 2.52 bits per heavy atom. The number of piperidine rings is 1. The van der Waals surface area contributed by atoms with Crippen LogP contribution < -0.4 is 4.72 Å². The van der Waals surface area contributed by atoms with Gasteiger partial charge in [-0.2, -0.15) is 0 Å². The van der Waals surface area contributed by atoms with Crippen LogP contribution in [0, 0.1) is 0 Å². The quantitative estimate of drug-likeness (QED) is 0.605. The van der Waals surface area contributed by atoms with Crippen molar-refractivity contribution in [1.29, 1.82) is 0 Å². The second-order valence-electron chi connectivity index (χ2n) is 8.10. The van der Waals surface area contributed by atoms with E-state index in [-0.39, 0.29) is 11.9 Å². The number of aromatic nitrogens is 1. The Hall–Kier alpha value is -1.94. The van der Waals surface area contributed by atoms with Crippen LogP contribution in [0.1, 0.15) is 46.5 Å². The third kappa shape index (κ3) is 4.11. The number of aryl methyl sites for hydroxylation is 1. The van der Waals surface area contributed by atoms with Gasteiger partial charge in [-0.15, -0.1) is 22.7 Å². The van der Waals surface area contributed by atoms with Crippen molar-refractivity contribution in [1.82, 2.24) is 14.2 Å². The summed E-state index contributed by atoms with van der Waals surface area (Å²) in [6.45, 7) is 1.12. The van der Waals surface area contributed by atoms with Crippen molar-refractivity contribution in [2.75, 3.05) is 13.1 Å². The molecule has 0 atom stereocenters. The minimum absolute atomic E-state index is 0.0858. The summed E-state index contributed by atoms with van der Waals surface area (Å²) in [6, 6.07) is 7.19. The second-order valence-corrected chi connectivity index (χ2v) is 12.1. The van der Waals surface area contributed by atoms with Crippen LogP contribution in [0.25, 0.3) is 5.00 Å². The summed E-state index contributed by atoms with van der Waals surface area (Å²) in [5.41, 5.74) is 2.08. The van der Waals surface area contributed by atoms with Gasteiger partial charge in [0.25, 0.3) is 5.91 Å². The van der Waals surface area contributed by atoms with Crippen LogP contribution in [0.4, 0.5) is 0 Å². The Morgan fingerprint density at radius 1 is 1.06 bits per heavy atom. The highest BCUT2D eigenvalue weighted by Crippen LogP contribution is 2.38. The van der Waals surface area contributed by atoms with Gasteiger partial charge in [-0.25, -0.2) is 13.1 Å². The SMILES string of the molecule is O=C(c1c(-n2cccc2)sc2c1CCCC2)N1CCC(NS(=O)(=O)c2cccs2)CC1. The Balaban J connectivity index is 1.33. The molecule has 164 valence electrons. The molecule has 1 saturated heterocycles. The van der Waals surface area contributed by atoms with Gasteiger partial charge in [-0.05, 0) is 67.7 Å². The molecule has 6 nitrogen and oxygen atoms in total. The average molecular weight is 476 g/mol. The minimum atomic E-state index is -3.48. The fourth-order valence-electron chi connectivity index (χ4n) is 4.48. The Kier molecular flexibility index (Phi) is 5.76. The molecule has 1 aliphatic carbocycles. The van der Waals surface area contributed by atoms with E-state index in [1.807, 2.05) is 29.4 Å². The van der Waals surface area contributed by atoms with E-state index in [9.17, 15) is 13.2 Å². The molecule has 31 heavy (non-hydrogen) atoms. The molecule has 1 aliphatic heterocycles. The molecular formula is C22H25N3O3S3. The Morgan fingerprint density at radius 2 is 1.81 bits per heavy atom. The number of sulfonamides is 1. The molecule has 0 saturated carbocycles. The van der Waals surface area contributed by atoms with Gasteiger partial charge in [0.15, 0.2) is 0 Å². The number of carbonyl (C=O) groups is 1. The van der Waals surface area contributed by atoms with Crippen LogP contribution in [0.2, 0.25) is 0 Å². The lowest BCUT2D eigenvalue weighted by Crippen LogP contribution is -2.46. The van der Waals surface area contributed by atoms with E-state index in [4.69, 9.17) is 0 Å². The smallest absolute Gasteiger partial charge is 0.257 e. The highest BCUT2D eigenvalue weighted by Gasteiger charge is 2.32. The van der Waals surface area contributed by atoms with Crippen molar-refractivity contribution >= 4 is 38.6 Å². The Labute approximate surface area is 190 Å². The third-order valence-electron chi connectivity index (χ3n) is 6.07. The van der Waals surface area contributed by atoms with E-state index in [1.165, 1.54) is 28.2 Å². The molecular weight excluding hydrogens is 450 g/mol. The molecule has 0 spiro atoms. The zero-order valence-corrected chi connectivity index (χ0v) is 19.6. The summed E-state index contributed by atoms with van der Waals surface area (Å²) in [5, 5.41) is 2.78. The number of amides is 1. The third-order valence-corrected chi connectivity index (χ3v) is 10.3. The van der Waals surface area contributed by atoms with Gasteiger partial charge in [0, 0.05) is 36.4 Å². The summed E-state index contributed by atoms with van der Waals surface area (Å²) in [5.74, 6) is 0.0858. The number of rotatable bonds is 5.